The maximum absolute atomic E-state index is 11.6. The number of nitrogens with zero attached hydrogens (tertiary/aromatic N) is 3. The van der Waals surface area contributed by atoms with Crippen molar-refractivity contribution in [3.05, 3.63) is 52.8 Å². The molecule has 0 spiro atoms. The van der Waals surface area contributed by atoms with Gasteiger partial charge in [-0.15, -0.1) is 0 Å². The molecule has 2 aromatic rings. The highest BCUT2D eigenvalue weighted by atomic mass is 35.5. The summed E-state index contributed by atoms with van der Waals surface area (Å²) in [6, 6.07) is 9.09. The summed E-state index contributed by atoms with van der Waals surface area (Å²) in [7, 11) is 0. The van der Waals surface area contributed by atoms with Crippen molar-refractivity contribution in [3.8, 4) is 0 Å². The SMILES string of the molecule is Cc1ccnn1CC(=O)N/N=C\c1ccccc1Cl. The van der Waals surface area contributed by atoms with Crippen LogP contribution < -0.4 is 5.43 Å². The molecule has 0 atom stereocenters. The predicted molar refractivity (Wildman–Crippen MR) is 74.2 cm³/mol. The summed E-state index contributed by atoms with van der Waals surface area (Å²) in [5.41, 5.74) is 4.11. The Morgan fingerprint density at radius 1 is 1.47 bits per heavy atom. The number of hydrogen-bond donors (Lipinski definition) is 1. The summed E-state index contributed by atoms with van der Waals surface area (Å²) < 4.78 is 1.60. The summed E-state index contributed by atoms with van der Waals surface area (Å²) in [6.07, 6.45) is 3.16. The van der Waals surface area contributed by atoms with E-state index in [0.29, 0.717) is 5.02 Å². The Morgan fingerprint density at radius 3 is 2.95 bits per heavy atom. The third-order valence-electron chi connectivity index (χ3n) is 2.52. The minimum absolute atomic E-state index is 0.138. The number of amides is 1. The number of rotatable bonds is 4. The molecule has 0 saturated heterocycles. The highest BCUT2D eigenvalue weighted by Gasteiger charge is 2.03. The van der Waals surface area contributed by atoms with Crippen LogP contribution in [-0.4, -0.2) is 21.9 Å². The lowest BCUT2D eigenvalue weighted by atomic mass is 10.2. The first kappa shape index (κ1) is 13.3. The molecule has 5 nitrogen and oxygen atoms in total. The molecule has 98 valence electrons. The quantitative estimate of drug-likeness (QED) is 0.686. The fourth-order valence-electron chi connectivity index (χ4n) is 1.49. The molecule has 6 heteroatoms. The lowest BCUT2D eigenvalue weighted by Gasteiger charge is -2.02. The van der Waals surface area contributed by atoms with Crippen LogP contribution in [0.4, 0.5) is 0 Å². The zero-order valence-electron chi connectivity index (χ0n) is 10.4. The van der Waals surface area contributed by atoms with Crippen molar-refractivity contribution in [2.45, 2.75) is 13.5 Å². The van der Waals surface area contributed by atoms with Gasteiger partial charge in [-0.25, -0.2) is 5.43 Å². The monoisotopic (exact) mass is 276 g/mol. The normalized spacial score (nSPS) is 10.8. The summed E-state index contributed by atoms with van der Waals surface area (Å²) in [5, 5.41) is 8.47. The first-order chi connectivity index (χ1) is 9.16. The van der Waals surface area contributed by atoms with Crippen LogP contribution >= 0.6 is 11.6 Å². The summed E-state index contributed by atoms with van der Waals surface area (Å²) in [6.45, 7) is 2.02. The minimum Gasteiger partial charge on any atom is -0.271 e. The molecule has 0 aliphatic rings. The second-order valence-electron chi connectivity index (χ2n) is 3.94. The number of hydrogen-bond acceptors (Lipinski definition) is 3. The summed E-state index contributed by atoms with van der Waals surface area (Å²) >= 11 is 5.96. The van der Waals surface area contributed by atoms with Crippen LogP contribution in [0.3, 0.4) is 0 Å². The largest absolute Gasteiger partial charge is 0.271 e. The molecular formula is C13H13ClN4O. The molecule has 1 heterocycles. The van der Waals surface area contributed by atoms with E-state index in [2.05, 4.69) is 15.6 Å². The maximum Gasteiger partial charge on any atom is 0.261 e. The van der Waals surface area contributed by atoms with Gasteiger partial charge in [0.2, 0.25) is 0 Å². The highest BCUT2D eigenvalue weighted by molar-refractivity contribution is 6.33. The zero-order chi connectivity index (χ0) is 13.7. The van der Waals surface area contributed by atoms with Crippen molar-refractivity contribution >= 4 is 23.7 Å². The lowest BCUT2D eigenvalue weighted by Crippen LogP contribution is -2.24. The van der Waals surface area contributed by atoms with Crippen molar-refractivity contribution in [2.75, 3.05) is 0 Å². The van der Waals surface area contributed by atoms with Crippen molar-refractivity contribution in [2.24, 2.45) is 5.10 Å². The Labute approximate surface area is 115 Å². The fraction of sp³-hybridized carbons (Fsp3) is 0.154. The van der Waals surface area contributed by atoms with Gasteiger partial charge in [-0.1, -0.05) is 29.8 Å². The molecule has 1 amide bonds. The fourth-order valence-corrected chi connectivity index (χ4v) is 1.67. The Hall–Kier alpha value is -2.14. The van der Waals surface area contributed by atoms with E-state index < -0.39 is 0 Å². The molecule has 2 rings (SSSR count). The van der Waals surface area contributed by atoms with Crippen LogP contribution in [0.25, 0.3) is 0 Å². The van der Waals surface area contributed by atoms with Gasteiger partial charge in [0.15, 0.2) is 0 Å². The topological polar surface area (TPSA) is 59.3 Å². The number of nitrogens with one attached hydrogen (secondary N) is 1. The smallest absolute Gasteiger partial charge is 0.261 e. The van der Waals surface area contributed by atoms with Crippen LogP contribution in [0.15, 0.2) is 41.6 Å². The van der Waals surface area contributed by atoms with Gasteiger partial charge < -0.3 is 0 Å². The third kappa shape index (κ3) is 3.66. The Balaban J connectivity index is 1.91. The molecule has 0 saturated carbocycles. The van der Waals surface area contributed by atoms with E-state index in [9.17, 15) is 4.79 Å². The molecule has 1 N–H and O–H groups in total. The van der Waals surface area contributed by atoms with Crippen LogP contribution in [0, 0.1) is 6.92 Å². The number of hydrazone groups is 1. The van der Waals surface area contributed by atoms with Crippen molar-refractivity contribution < 1.29 is 4.79 Å². The van der Waals surface area contributed by atoms with Crippen molar-refractivity contribution in [1.82, 2.24) is 15.2 Å². The van der Waals surface area contributed by atoms with E-state index >= 15 is 0 Å². The van der Waals surface area contributed by atoms with E-state index in [1.807, 2.05) is 31.2 Å². The zero-order valence-corrected chi connectivity index (χ0v) is 11.1. The Morgan fingerprint density at radius 2 is 2.26 bits per heavy atom. The van der Waals surface area contributed by atoms with E-state index in [4.69, 9.17) is 11.6 Å². The first-order valence-electron chi connectivity index (χ1n) is 5.71. The van der Waals surface area contributed by atoms with Gasteiger partial charge in [0.1, 0.15) is 6.54 Å². The Kier molecular flexibility index (Phi) is 4.30. The maximum atomic E-state index is 11.6. The second-order valence-corrected chi connectivity index (χ2v) is 4.35. The number of carbonyl (C=O) groups is 1. The average molecular weight is 277 g/mol. The molecule has 0 aliphatic heterocycles. The summed E-state index contributed by atoms with van der Waals surface area (Å²) in [4.78, 5) is 11.6. The van der Waals surface area contributed by atoms with Gasteiger partial charge in [-0.05, 0) is 19.1 Å². The second kappa shape index (κ2) is 6.15. The number of aryl methyl sites for hydroxylation is 1. The third-order valence-corrected chi connectivity index (χ3v) is 2.86. The van der Waals surface area contributed by atoms with E-state index in [1.165, 1.54) is 6.21 Å². The Bertz CT molecular complexity index is 606. The van der Waals surface area contributed by atoms with Gasteiger partial charge in [-0.2, -0.15) is 10.2 Å². The van der Waals surface area contributed by atoms with Crippen LogP contribution in [0.1, 0.15) is 11.3 Å². The number of benzene rings is 1. The van der Waals surface area contributed by atoms with Gasteiger partial charge in [0.25, 0.3) is 5.91 Å². The van der Waals surface area contributed by atoms with E-state index in [0.717, 1.165) is 11.3 Å². The molecular weight excluding hydrogens is 264 g/mol. The molecule has 0 fully saturated rings. The number of aromatic nitrogens is 2. The molecule has 0 bridgehead atoms. The van der Waals surface area contributed by atoms with Crippen LogP contribution in [0.5, 0.6) is 0 Å². The molecule has 0 radical (unpaired) electrons. The molecule has 1 aromatic heterocycles. The predicted octanol–water partition coefficient (Wildman–Crippen LogP) is 2.00. The first-order valence-corrected chi connectivity index (χ1v) is 6.09. The van der Waals surface area contributed by atoms with Gasteiger partial charge >= 0.3 is 0 Å². The van der Waals surface area contributed by atoms with Crippen molar-refractivity contribution in [1.29, 1.82) is 0 Å². The standard InChI is InChI=1S/C13H13ClN4O/c1-10-6-7-16-18(10)9-13(19)17-15-8-11-4-2-3-5-12(11)14/h2-8H,9H2,1H3,(H,17,19)/b15-8-. The molecule has 0 unspecified atom stereocenters. The average Bonchev–Trinajstić information content (AvgIpc) is 2.77. The number of carbonyl (C=O) groups excluding carboxylic acids is 1. The summed E-state index contributed by atoms with van der Waals surface area (Å²) in [5.74, 6) is -0.241. The van der Waals surface area contributed by atoms with E-state index in [-0.39, 0.29) is 12.5 Å². The van der Waals surface area contributed by atoms with Crippen LogP contribution in [-0.2, 0) is 11.3 Å². The molecule has 0 aliphatic carbocycles. The number of halogens is 1. The highest BCUT2D eigenvalue weighted by Crippen LogP contribution is 2.11. The van der Waals surface area contributed by atoms with Gasteiger partial charge in [0.05, 0.1) is 6.21 Å². The van der Waals surface area contributed by atoms with E-state index in [1.54, 1.807) is 16.9 Å². The van der Waals surface area contributed by atoms with Gasteiger partial charge in [0, 0.05) is 22.5 Å². The molecule has 1 aromatic carbocycles. The van der Waals surface area contributed by atoms with Gasteiger partial charge in [-0.3, -0.25) is 9.48 Å². The minimum atomic E-state index is -0.241. The lowest BCUT2D eigenvalue weighted by molar-refractivity contribution is -0.121. The molecule has 19 heavy (non-hydrogen) atoms. The van der Waals surface area contributed by atoms with Crippen LogP contribution in [0.2, 0.25) is 5.02 Å². The van der Waals surface area contributed by atoms with Crippen molar-refractivity contribution in [3.63, 3.8) is 0 Å².